The lowest BCUT2D eigenvalue weighted by molar-refractivity contribution is 0.00741. The molecule has 4 heteroatoms. The second-order valence-corrected chi connectivity index (χ2v) is 3.56. The highest BCUT2D eigenvalue weighted by atomic mass is 16.5. The Morgan fingerprint density at radius 1 is 1.40 bits per heavy atom. The molecule has 2 atom stereocenters. The molecule has 0 aromatic heterocycles. The first-order chi connectivity index (χ1) is 7.15. The van der Waals surface area contributed by atoms with E-state index in [0.717, 1.165) is 0 Å². The van der Waals surface area contributed by atoms with Crippen LogP contribution in [0.2, 0.25) is 0 Å². The van der Waals surface area contributed by atoms with Crippen LogP contribution in [0.25, 0.3) is 0 Å². The number of ether oxygens (including phenoxy) is 1. The predicted octanol–water partition coefficient (Wildman–Crippen LogP) is 0.676. The topological polar surface area (TPSA) is 66.8 Å². The Bertz CT molecular complexity index is 400. The maximum absolute atomic E-state index is 11.6. The minimum atomic E-state index is -1.05. The fourth-order valence-corrected chi connectivity index (χ4v) is 1.87. The lowest BCUT2D eigenvalue weighted by Gasteiger charge is -2.26. The Kier molecular flexibility index (Phi) is 2.46. The Morgan fingerprint density at radius 3 is 2.80 bits per heavy atom. The molecule has 0 fully saturated rings. The van der Waals surface area contributed by atoms with Gasteiger partial charge in [0.1, 0.15) is 11.9 Å². The number of Topliss-reactive ketones (excluding diaryl/α,β-unsaturated/α-hetero) is 1. The molecule has 80 valence electrons. The van der Waals surface area contributed by atoms with E-state index in [9.17, 15) is 15.0 Å². The minimum absolute atomic E-state index is 0.0403. The van der Waals surface area contributed by atoms with Crippen molar-refractivity contribution in [3.63, 3.8) is 0 Å². The third kappa shape index (κ3) is 1.52. The van der Waals surface area contributed by atoms with Crippen LogP contribution in [0.5, 0.6) is 5.75 Å². The number of aliphatic hydroxyl groups is 2. The summed E-state index contributed by atoms with van der Waals surface area (Å²) in [7, 11) is 1.47. The molecule has 0 heterocycles. The summed E-state index contributed by atoms with van der Waals surface area (Å²) in [5.74, 6) is 0.272. The van der Waals surface area contributed by atoms with Crippen LogP contribution in [0.15, 0.2) is 18.2 Å². The number of benzene rings is 1. The Morgan fingerprint density at radius 2 is 2.13 bits per heavy atom. The Labute approximate surface area is 87.1 Å². The summed E-state index contributed by atoms with van der Waals surface area (Å²) in [6, 6.07) is 4.99. The van der Waals surface area contributed by atoms with Gasteiger partial charge in [0.15, 0.2) is 5.78 Å². The van der Waals surface area contributed by atoms with Crippen LogP contribution in [0.4, 0.5) is 0 Å². The molecule has 0 saturated carbocycles. The summed E-state index contributed by atoms with van der Waals surface area (Å²) < 4.78 is 5.06. The first-order valence-corrected chi connectivity index (χ1v) is 4.71. The average molecular weight is 208 g/mol. The molecule has 2 rings (SSSR count). The van der Waals surface area contributed by atoms with Gasteiger partial charge in [0.25, 0.3) is 0 Å². The lowest BCUT2D eigenvalue weighted by atomic mass is 9.86. The van der Waals surface area contributed by atoms with Crippen LogP contribution < -0.4 is 4.74 Å². The molecule has 0 saturated heterocycles. The molecular weight excluding hydrogens is 196 g/mol. The monoisotopic (exact) mass is 208 g/mol. The zero-order valence-electron chi connectivity index (χ0n) is 8.30. The van der Waals surface area contributed by atoms with Gasteiger partial charge in [-0.05, 0) is 6.07 Å². The fraction of sp³-hybridized carbons (Fsp3) is 0.364. The largest absolute Gasteiger partial charge is 0.496 e. The fourth-order valence-electron chi connectivity index (χ4n) is 1.87. The quantitative estimate of drug-likeness (QED) is 0.712. The highest BCUT2D eigenvalue weighted by molar-refractivity contribution is 5.99. The van der Waals surface area contributed by atoms with Crippen LogP contribution in [-0.4, -0.2) is 29.2 Å². The van der Waals surface area contributed by atoms with Crippen molar-refractivity contribution in [2.24, 2.45) is 0 Å². The molecule has 1 aromatic rings. The standard InChI is InChI=1S/C11H12O4/c1-15-9-4-2-3-6-7(12)5-8(13)11(14)10(6)9/h2-4,8,11,13-14H,5H2,1H3/t8-,11+/m1/s1. The summed E-state index contributed by atoms with van der Waals surface area (Å²) in [5.41, 5.74) is 0.830. The summed E-state index contributed by atoms with van der Waals surface area (Å²) in [4.78, 5) is 11.6. The van der Waals surface area contributed by atoms with Gasteiger partial charge in [-0.15, -0.1) is 0 Å². The van der Waals surface area contributed by atoms with Crippen molar-refractivity contribution in [1.82, 2.24) is 0 Å². The van der Waals surface area contributed by atoms with Gasteiger partial charge in [-0.25, -0.2) is 0 Å². The van der Waals surface area contributed by atoms with Crippen molar-refractivity contribution in [2.45, 2.75) is 18.6 Å². The molecule has 1 aliphatic rings. The number of ketones is 1. The van der Waals surface area contributed by atoms with E-state index in [1.807, 2.05) is 0 Å². The average Bonchev–Trinajstić information content (AvgIpc) is 2.25. The van der Waals surface area contributed by atoms with Gasteiger partial charge >= 0.3 is 0 Å². The number of rotatable bonds is 1. The van der Waals surface area contributed by atoms with Crippen LogP contribution in [0.3, 0.4) is 0 Å². The van der Waals surface area contributed by atoms with Gasteiger partial charge in [-0.3, -0.25) is 4.79 Å². The normalized spacial score (nSPS) is 24.9. The van der Waals surface area contributed by atoms with E-state index in [-0.39, 0.29) is 12.2 Å². The van der Waals surface area contributed by atoms with Crippen LogP contribution >= 0.6 is 0 Å². The highest BCUT2D eigenvalue weighted by Crippen LogP contribution is 2.36. The maximum atomic E-state index is 11.6. The summed E-state index contributed by atoms with van der Waals surface area (Å²) in [6.45, 7) is 0. The first kappa shape index (κ1) is 10.1. The molecular formula is C11H12O4. The van der Waals surface area contributed by atoms with E-state index >= 15 is 0 Å². The first-order valence-electron chi connectivity index (χ1n) is 4.71. The van der Waals surface area contributed by atoms with Gasteiger partial charge < -0.3 is 14.9 Å². The molecule has 15 heavy (non-hydrogen) atoms. The molecule has 1 aliphatic carbocycles. The molecule has 0 spiro atoms. The number of aliphatic hydroxyl groups excluding tert-OH is 2. The lowest BCUT2D eigenvalue weighted by Crippen LogP contribution is -2.29. The van der Waals surface area contributed by atoms with Gasteiger partial charge in [0.05, 0.1) is 13.2 Å². The second kappa shape index (κ2) is 3.64. The summed E-state index contributed by atoms with van der Waals surface area (Å²) in [6.07, 6.45) is -2.13. The minimum Gasteiger partial charge on any atom is -0.496 e. The predicted molar refractivity (Wildman–Crippen MR) is 52.9 cm³/mol. The summed E-state index contributed by atoms with van der Waals surface area (Å²) >= 11 is 0. The highest BCUT2D eigenvalue weighted by Gasteiger charge is 2.33. The molecule has 2 N–H and O–H groups in total. The third-order valence-corrected chi connectivity index (χ3v) is 2.64. The van der Waals surface area contributed by atoms with E-state index < -0.39 is 12.2 Å². The molecule has 0 bridgehead atoms. The number of hydrogen-bond donors (Lipinski definition) is 2. The smallest absolute Gasteiger partial charge is 0.166 e. The molecule has 0 aliphatic heterocycles. The van der Waals surface area contributed by atoms with E-state index in [2.05, 4.69) is 0 Å². The number of methoxy groups -OCH3 is 1. The number of carbonyl (C=O) groups excluding carboxylic acids is 1. The number of carbonyl (C=O) groups is 1. The molecule has 1 aromatic carbocycles. The second-order valence-electron chi connectivity index (χ2n) is 3.56. The van der Waals surface area contributed by atoms with E-state index in [0.29, 0.717) is 16.9 Å². The molecule has 4 nitrogen and oxygen atoms in total. The van der Waals surface area contributed by atoms with Gasteiger partial charge in [0, 0.05) is 17.5 Å². The van der Waals surface area contributed by atoms with Crippen LogP contribution in [-0.2, 0) is 0 Å². The van der Waals surface area contributed by atoms with Crippen molar-refractivity contribution in [3.05, 3.63) is 29.3 Å². The molecule has 0 radical (unpaired) electrons. The van der Waals surface area contributed by atoms with Crippen molar-refractivity contribution in [1.29, 1.82) is 0 Å². The van der Waals surface area contributed by atoms with E-state index in [1.165, 1.54) is 7.11 Å². The molecule has 0 unspecified atom stereocenters. The molecule has 0 amide bonds. The third-order valence-electron chi connectivity index (χ3n) is 2.64. The Balaban J connectivity index is 2.60. The summed E-state index contributed by atoms with van der Waals surface area (Å²) in [5, 5.41) is 19.3. The van der Waals surface area contributed by atoms with Crippen LogP contribution in [0, 0.1) is 0 Å². The van der Waals surface area contributed by atoms with Gasteiger partial charge in [-0.2, -0.15) is 0 Å². The van der Waals surface area contributed by atoms with Crippen LogP contribution in [0.1, 0.15) is 28.4 Å². The van der Waals surface area contributed by atoms with Gasteiger partial charge in [0.2, 0.25) is 0 Å². The maximum Gasteiger partial charge on any atom is 0.166 e. The van der Waals surface area contributed by atoms with Gasteiger partial charge in [-0.1, -0.05) is 12.1 Å². The number of hydrogen-bond acceptors (Lipinski definition) is 4. The zero-order chi connectivity index (χ0) is 11.0. The number of fused-ring (bicyclic) bond motifs is 1. The van der Waals surface area contributed by atoms with E-state index in [1.54, 1.807) is 18.2 Å². The zero-order valence-corrected chi connectivity index (χ0v) is 8.30. The van der Waals surface area contributed by atoms with Crippen molar-refractivity contribution >= 4 is 5.78 Å². The van der Waals surface area contributed by atoms with Crippen molar-refractivity contribution in [3.8, 4) is 5.75 Å². The van der Waals surface area contributed by atoms with Crippen molar-refractivity contribution in [2.75, 3.05) is 7.11 Å². The van der Waals surface area contributed by atoms with E-state index in [4.69, 9.17) is 4.74 Å². The Hall–Kier alpha value is -1.39. The SMILES string of the molecule is COc1cccc2c1[C@@H](O)[C@H](O)CC2=O. The van der Waals surface area contributed by atoms with Crippen molar-refractivity contribution < 1.29 is 19.7 Å².